The highest BCUT2D eigenvalue weighted by molar-refractivity contribution is 5.92. The molecule has 0 radical (unpaired) electrons. The van der Waals surface area contributed by atoms with Crippen LogP contribution in [0.3, 0.4) is 0 Å². The maximum atomic E-state index is 10.7. The summed E-state index contributed by atoms with van der Waals surface area (Å²) in [5.41, 5.74) is 1.14. The molecular formula is C11H12O3. The fraction of sp³-hybridized carbons (Fsp3) is 0.182. The van der Waals surface area contributed by atoms with Crippen molar-refractivity contribution in [3.05, 3.63) is 35.4 Å². The summed E-state index contributed by atoms with van der Waals surface area (Å²) in [5.74, 6) is -0.726. The summed E-state index contributed by atoms with van der Waals surface area (Å²) in [4.78, 5) is 10.7. The van der Waals surface area contributed by atoms with Crippen molar-refractivity contribution in [2.24, 2.45) is 0 Å². The summed E-state index contributed by atoms with van der Waals surface area (Å²) in [7, 11) is 0. The molecule has 1 aromatic rings. The van der Waals surface area contributed by atoms with Crippen molar-refractivity contribution in [1.29, 1.82) is 0 Å². The lowest BCUT2D eigenvalue weighted by Crippen LogP contribution is -1.98. The number of carbonyl (C=O) groups is 1. The first-order valence-electron chi connectivity index (χ1n) is 4.36. The van der Waals surface area contributed by atoms with Crippen molar-refractivity contribution in [3.63, 3.8) is 0 Å². The minimum absolute atomic E-state index is 0.176. The molecule has 0 unspecified atom stereocenters. The Morgan fingerprint density at radius 1 is 1.36 bits per heavy atom. The Morgan fingerprint density at radius 3 is 2.36 bits per heavy atom. The Hall–Kier alpha value is -1.77. The number of benzene rings is 1. The standard InChI is InChI=1S/C11H12O3/c1-2-9(11(13)14)7-8-3-5-10(12)6-4-8/h3-7,12H,2H2,1H3,(H,13,14). The SMILES string of the molecule is CCC(=Cc1ccc(O)cc1)C(=O)O. The van der Waals surface area contributed by atoms with E-state index in [4.69, 9.17) is 10.2 Å². The molecule has 0 saturated carbocycles. The lowest BCUT2D eigenvalue weighted by atomic mass is 10.1. The van der Waals surface area contributed by atoms with E-state index in [0.29, 0.717) is 12.0 Å². The van der Waals surface area contributed by atoms with E-state index >= 15 is 0 Å². The zero-order chi connectivity index (χ0) is 10.6. The topological polar surface area (TPSA) is 57.5 Å². The third kappa shape index (κ3) is 2.62. The Bertz CT molecular complexity index is 349. The average Bonchev–Trinajstić information content (AvgIpc) is 2.16. The van der Waals surface area contributed by atoms with Gasteiger partial charge in [-0.05, 0) is 30.2 Å². The molecular weight excluding hydrogens is 180 g/mol. The molecule has 0 heterocycles. The van der Waals surface area contributed by atoms with Crippen LogP contribution in [0.1, 0.15) is 18.9 Å². The molecule has 3 nitrogen and oxygen atoms in total. The van der Waals surface area contributed by atoms with Gasteiger partial charge >= 0.3 is 5.97 Å². The number of phenols is 1. The predicted octanol–water partition coefficient (Wildman–Crippen LogP) is 2.27. The van der Waals surface area contributed by atoms with E-state index < -0.39 is 5.97 Å². The Balaban J connectivity index is 2.95. The minimum Gasteiger partial charge on any atom is -0.508 e. The lowest BCUT2D eigenvalue weighted by Gasteiger charge is -1.98. The average molecular weight is 192 g/mol. The van der Waals surface area contributed by atoms with E-state index in [2.05, 4.69) is 0 Å². The zero-order valence-corrected chi connectivity index (χ0v) is 7.90. The van der Waals surface area contributed by atoms with Crippen LogP contribution in [0.2, 0.25) is 0 Å². The van der Waals surface area contributed by atoms with Crippen LogP contribution in [0.15, 0.2) is 29.8 Å². The molecule has 1 aromatic carbocycles. The van der Waals surface area contributed by atoms with Crippen LogP contribution in [0.4, 0.5) is 0 Å². The van der Waals surface area contributed by atoms with Gasteiger partial charge < -0.3 is 10.2 Å². The first-order valence-corrected chi connectivity index (χ1v) is 4.36. The highest BCUT2D eigenvalue weighted by atomic mass is 16.4. The molecule has 0 amide bonds. The van der Waals surface area contributed by atoms with Crippen LogP contribution < -0.4 is 0 Å². The van der Waals surface area contributed by atoms with E-state index in [-0.39, 0.29) is 5.75 Å². The Labute approximate surface area is 82.3 Å². The first-order chi connectivity index (χ1) is 6.63. The van der Waals surface area contributed by atoms with Gasteiger partial charge in [0, 0.05) is 5.57 Å². The highest BCUT2D eigenvalue weighted by Crippen LogP contribution is 2.14. The van der Waals surface area contributed by atoms with Gasteiger partial charge in [0.1, 0.15) is 5.75 Å². The third-order valence-corrected chi connectivity index (χ3v) is 1.89. The fourth-order valence-electron chi connectivity index (χ4n) is 1.09. The normalized spacial score (nSPS) is 11.4. The van der Waals surface area contributed by atoms with Crippen molar-refractivity contribution in [3.8, 4) is 5.75 Å². The number of carboxylic acids is 1. The molecule has 0 aliphatic carbocycles. The number of phenolic OH excluding ortho intramolecular Hbond substituents is 1. The van der Waals surface area contributed by atoms with Gasteiger partial charge in [-0.25, -0.2) is 4.79 Å². The van der Waals surface area contributed by atoms with Gasteiger partial charge in [-0.2, -0.15) is 0 Å². The summed E-state index contributed by atoms with van der Waals surface area (Å²) in [6.07, 6.45) is 2.08. The van der Waals surface area contributed by atoms with Crippen molar-refractivity contribution in [2.45, 2.75) is 13.3 Å². The summed E-state index contributed by atoms with van der Waals surface area (Å²) >= 11 is 0. The number of aliphatic carboxylic acids is 1. The Morgan fingerprint density at radius 2 is 1.93 bits per heavy atom. The van der Waals surface area contributed by atoms with Crippen molar-refractivity contribution in [2.75, 3.05) is 0 Å². The van der Waals surface area contributed by atoms with Gasteiger partial charge in [0.2, 0.25) is 0 Å². The second-order valence-electron chi connectivity index (χ2n) is 2.92. The van der Waals surface area contributed by atoms with E-state index in [0.717, 1.165) is 5.56 Å². The molecule has 3 heteroatoms. The second-order valence-corrected chi connectivity index (χ2v) is 2.92. The minimum atomic E-state index is -0.902. The molecule has 14 heavy (non-hydrogen) atoms. The molecule has 0 fully saturated rings. The van der Waals surface area contributed by atoms with Crippen molar-refractivity contribution < 1.29 is 15.0 Å². The highest BCUT2D eigenvalue weighted by Gasteiger charge is 2.03. The number of hydrogen-bond acceptors (Lipinski definition) is 2. The Kier molecular flexibility index (Phi) is 3.29. The fourth-order valence-corrected chi connectivity index (χ4v) is 1.09. The lowest BCUT2D eigenvalue weighted by molar-refractivity contribution is -0.132. The molecule has 1 rings (SSSR count). The van der Waals surface area contributed by atoms with Crippen LogP contribution in [0, 0.1) is 0 Å². The first kappa shape index (κ1) is 10.3. The molecule has 2 N–H and O–H groups in total. The number of rotatable bonds is 3. The van der Waals surface area contributed by atoms with Crippen molar-refractivity contribution >= 4 is 12.0 Å². The van der Waals surface area contributed by atoms with Gasteiger partial charge in [0.05, 0.1) is 0 Å². The molecule has 0 spiro atoms. The molecule has 0 aromatic heterocycles. The van der Waals surface area contributed by atoms with E-state index in [9.17, 15) is 4.79 Å². The summed E-state index contributed by atoms with van der Waals surface area (Å²) in [6.45, 7) is 1.79. The maximum Gasteiger partial charge on any atom is 0.331 e. The molecule has 0 bridgehead atoms. The quantitative estimate of drug-likeness (QED) is 0.722. The predicted molar refractivity (Wildman–Crippen MR) is 54.0 cm³/mol. The van der Waals surface area contributed by atoms with Gasteiger partial charge in [0.25, 0.3) is 0 Å². The summed E-state index contributed by atoms with van der Waals surface area (Å²) < 4.78 is 0. The van der Waals surface area contributed by atoms with Gasteiger partial charge in [-0.3, -0.25) is 0 Å². The number of aromatic hydroxyl groups is 1. The van der Waals surface area contributed by atoms with E-state index in [1.165, 1.54) is 12.1 Å². The van der Waals surface area contributed by atoms with E-state index in [1.807, 2.05) is 0 Å². The number of carboxylic acid groups (broad SMARTS) is 1. The molecule has 74 valence electrons. The van der Waals surface area contributed by atoms with Gasteiger partial charge in [0.15, 0.2) is 0 Å². The molecule has 0 atom stereocenters. The smallest absolute Gasteiger partial charge is 0.331 e. The summed E-state index contributed by atoms with van der Waals surface area (Å²) in [6, 6.07) is 6.41. The van der Waals surface area contributed by atoms with Crippen LogP contribution in [0.25, 0.3) is 6.08 Å². The molecule has 0 aliphatic heterocycles. The molecule has 0 saturated heterocycles. The number of hydrogen-bond donors (Lipinski definition) is 2. The van der Waals surface area contributed by atoms with Gasteiger partial charge in [-0.15, -0.1) is 0 Å². The monoisotopic (exact) mass is 192 g/mol. The largest absolute Gasteiger partial charge is 0.508 e. The summed E-state index contributed by atoms with van der Waals surface area (Å²) in [5, 5.41) is 17.8. The van der Waals surface area contributed by atoms with Crippen LogP contribution >= 0.6 is 0 Å². The van der Waals surface area contributed by atoms with E-state index in [1.54, 1.807) is 25.1 Å². The zero-order valence-electron chi connectivity index (χ0n) is 7.90. The third-order valence-electron chi connectivity index (χ3n) is 1.89. The molecule has 0 aliphatic rings. The van der Waals surface area contributed by atoms with Crippen LogP contribution in [0.5, 0.6) is 5.75 Å². The second kappa shape index (κ2) is 4.46. The van der Waals surface area contributed by atoms with Crippen molar-refractivity contribution in [1.82, 2.24) is 0 Å². The van der Waals surface area contributed by atoms with Crippen LogP contribution in [-0.4, -0.2) is 16.2 Å². The van der Waals surface area contributed by atoms with Crippen LogP contribution in [-0.2, 0) is 4.79 Å². The van der Waals surface area contributed by atoms with Gasteiger partial charge in [-0.1, -0.05) is 19.1 Å². The maximum absolute atomic E-state index is 10.7.